The van der Waals surface area contributed by atoms with Crippen molar-refractivity contribution in [1.29, 1.82) is 0 Å². The van der Waals surface area contributed by atoms with Crippen molar-refractivity contribution in [3.8, 4) is 0 Å². The van der Waals surface area contributed by atoms with Gasteiger partial charge in [0, 0.05) is 12.2 Å². The van der Waals surface area contributed by atoms with Crippen LogP contribution in [0.3, 0.4) is 0 Å². The van der Waals surface area contributed by atoms with E-state index in [2.05, 4.69) is 0 Å². The van der Waals surface area contributed by atoms with E-state index in [1.54, 1.807) is 0 Å². The number of halogens is 1. The van der Waals surface area contributed by atoms with Crippen molar-refractivity contribution in [2.24, 2.45) is 0 Å². The summed E-state index contributed by atoms with van der Waals surface area (Å²) in [6.45, 7) is 0.671. The summed E-state index contributed by atoms with van der Waals surface area (Å²) < 4.78 is 11.3. The van der Waals surface area contributed by atoms with Crippen molar-refractivity contribution in [3.05, 3.63) is 0 Å². The third-order valence-corrected chi connectivity index (χ3v) is 3.52. The summed E-state index contributed by atoms with van der Waals surface area (Å²) in [6, 6.07) is 0. The highest BCUT2D eigenvalue weighted by Crippen LogP contribution is 2.37. The van der Waals surface area contributed by atoms with Crippen LogP contribution in [0.5, 0.6) is 0 Å². The minimum atomic E-state index is -0.260. The maximum atomic E-state index is 5.68. The average Bonchev–Trinajstić information content (AvgIpc) is 2.62. The molecule has 0 aromatic heterocycles. The van der Waals surface area contributed by atoms with Gasteiger partial charge in [0.15, 0.2) is 5.79 Å². The highest BCUT2D eigenvalue weighted by atomic mass is 35.5. The van der Waals surface area contributed by atoms with Crippen molar-refractivity contribution in [1.82, 2.24) is 0 Å². The molecule has 2 nitrogen and oxygen atoms in total. The first-order valence-electron chi connectivity index (χ1n) is 3.80. The molecule has 2 aliphatic rings. The minimum absolute atomic E-state index is 0.121. The Kier molecular flexibility index (Phi) is 2.33. The molecule has 2 unspecified atom stereocenters. The zero-order valence-electron chi connectivity index (χ0n) is 6.22. The topological polar surface area (TPSA) is 18.5 Å². The van der Waals surface area contributed by atoms with E-state index in [0.29, 0.717) is 12.5 Å². The average molecular weight is 195 g/mol. The van der Waals surface area contributed by atoms with Crippen LogP contribution >= 0.6 is 23.4 Å². The molecule has 4 heteroatoms. The molecule has 2 atom stereocenters. The van der Waals surface area contributed by atoms with E-state index in [9.17, 15) is 0 Å². The van der Waals surface area contributed by atoms with Gasteiger partial charge in [-0.15, -0.1) is 11.6 Å². The molecular formula is C7H11ClO2S. The maximum absolute atomic E-state index is 5.68. The lowest BCUT2D eigenvalue weighted by atomic mass is 10.2. The van der Waals surface area contributed by atoms with Crippen LogP contribution in [0, 0.1) is 0 Å². The van der Waals surface area contributed by atoms with E-state index in [0.717, 1.165) is 17.9 Å². The third kappa shape index (κ3) is 1.52. The van der Waals surface area contributed by atoms with Gasteiger partial charge in [-0.25, -0.2) is 0 Å². The van der Waals surface area contributed by atoms with Gasteiger partial charge in [-0.2, -0.15) is 11.8 Å². The molecule has 0 aromatic carbocycles. The molecule has 2 rings (SSSR count). The van der Waals surface area contributed by atoms with Crippen molar-refractivity contribution in [2.75, 3.05) is 24.0 Å². The van der Waals surface area contributed by atoms with E-state index in [4.69, 9.17) is 21.1 Å². The summed E-state index contributed by atoms with van der Waals surface area (Å²) in [7, 11) is 0. The molecule has 0 amide bonds. The van der Waals surface area contributed by atoms with Gasteiger partial charge >= 0.3 is 0 Å². The first-order chi connectivity index (χ1) is 5.35. The zero-order valence-corrected chi connectivity index (χ0v) is 7.79. The molecule has 1 spiro atoms. The van der Waals surface area contributed by atoms with Crippen LogP contribution in [0.25, 0.3) is 0 Å². The second-order valence-corrected chi connectivity index (χ2v) is 4.33. The van der Waals surface area contributed by atoms with Crippen LogP contribution in [0.4, 0.5) is 0 Å². The van der Waals surface area contributed by atoms with Crippen molar-refractivity contribution >= 4 is 23.4 Å². The smallest absolute Gasteiger partial charge is 0.178 e. The van der Waals surface area contributed by atoms with Gasteiger partial charge in [0.05, 0.1) is 18.6 Å². The Hall–Kier alpha value is 0.560. The second kappa shape index (κ2) is 3.13. The summed E-state index contributed by atoms with van der Waals surface area (Å²) in [5.74, 6) is 2.41. The van der Waals surface area contributed by atoms with E-state index in [1.807, 2.05) is 11.8 Å². The first-order valence-corrected chi connectivity index (χ1v) is 5.49. The Bertz CT molecular complexity index is 147. The number of alkyl halides is 1. The Morgan fingerprint density at radius 1 is 1.64 bits per heavy atom. The maximum Gasteiger partial charge on any atom is 0.178 e. The molecule has 0 saturated carbocycles. The summed E-state index contributed by atoms with van der Waals surface area (Å²) in [4.78, 5) is 0. The molecule has 2 saturated heterocycles. The molecule has 2 fully saturated rings. The highest BCUT2D eigenvalue weighted by molar-refractivity contribution is 7.99. The van der Waals surface area contributed by atoms with Crippen molar-refractivity contribution in [2.45, 2.75) is 18.3 Å². The van der Waals surface area contributed by atoms with E-state index < -0.39 is 0 Å². The van der Waals surface area contributed by atoms with Gasteiger partial charge in [-0.05, 0) is 5.75 Å². The number of hydrogen-bond acceptors (Lipinski definition) is 3. The third-order valence-electron chi connectivity index (χ3n) is 2.04. The lowest BCUT2D eigenvalue weighted by Gasteiger charge is -2.20. The number of ether oxygens (including phenoxy) is 2. The van der Waals surface area contributed by atoms with Crippen LogP contribution in [0.1, 0.15) is 6.42 Å². The standard InChI is InChI=1S/C7H11ClO2S/c8-3-6-4-9-7(10-6)1-2-11-5-7/h6H,1-5H2. The monoisotopic (exact) mass is 194 g/mol. The van der Waals surface area contributed by atoms with Gasteiger partial charge in [-0.1, -0.05) is 0 Å². The molecule has 2 heterocycles. The summed E-state index contributed by atoms with van der Waals surface area (Å²) in [5, 5.41) is 0. The van der Waals surface area contributed by atoms with Gasteiger partial charge in [0.1, 0.15) is 0 Å². The molecule has 0 radical (unpaired) electrons. The molecular weight excluding hydrogens is 184 g/mol. The van der Waals surface area contributed by atoms with Crippen LogP contribution in [-0.4, -0.2) is 35.9 Å². The largest absolute Gasteiger partial charge is 0.346 e. The summed E-state index contributed by atoms with van der Waals surface area (Å²) in [5.41, 5.74) is 0. The van der Waals surface area contributed by atoms with E-state index >= 15 is 0 Å². The van der Waals surface area contributed by atoms with Crippen LogP contribution < -0.4 is 0 Å². The molecule has 0 N–H and O–H groups in total. The first kappa shape index (κ1) is 8.17. The molecule has 64 valence electrons. The number of hydrogen-bond donors (Lipinski definition) is 0. The van der Waals surface area contributed by atoms with Gasteiger partial charge in [0.25, 0.3) is 0 Å². The molecule has 0 bridgehead atoms. The van der Waals surface area contributed by atoms with Crippen molar-refractivity contribution in [3.63, 3.8) is 0 Å². The Labute approximate surface area is 75.6 Å². The lowest BCUT2D eigenvalue weighted by molar-refractivity contribution is -0.143. The van der Waals surface area contributed by atoms with Crippen LogP contribution in [-0.2, 0) is 9.47 Å². The van der Waals surface area contributed by atoms with Gasteiger partial charge in [-0.3, -0.25) is 0 Å². The predicted octanol–water partition coefficient (Wildman–Crippen LogP) is 1.47. The minimum Gasteiger partial charge on any atom is -0.346 e. The predicted molar refractivity (Wildman–Crippen MR) is 46.2 cm³/mol. The van der Waals surface area contributed by atoms with Gasteiger partial charge in [0.2, 0.25) is 0 Å². The van der Waals surface area contributed by atoms with E-state index in [-0.39, 0.29) is 11.9 Å². The molecule has 0 aromatic rings. The molecule has 2 aliphatic heterocycles. The molecule has 0 aliphatic carbocycles. The Balaban J connectivity index is 1.96. The second-order valence-electron chi connectivity index (χ2n) is 2.92. The normalized spacial score (nSPS) is 43.9. The fourth-order valence-electron chi connectivity index (χ4n) is 1.43. The van der Waals surface area contributed by atoms with E-state index in [1.165, 1.54) is 0 Å². The lowest BCUT2D eigenvalue weighted by Crippen LogP contribution is -2.30. The summed E-state index contributed by atoms with van der Waals surface area (Å²) in [6.07, 6.45) is 1.14. The van der Waals surface area contributed by atoms with Crippen LogP contribution in [0.15, 0.2) is 0 Å². The number of rotatable bonds is 1. The molecule has 11 heavy (non-hydrogen) atoms. The Morgan fingerprint density at radius 3 is 3.09 bits per heavy atom. The van der Waals surface area contributed by atoms with Crippen molar-refractivity contribution < 1.29 is 9.47 Å². The number of thioether (sulfide) groups is 1. The van der Waals surface area contributed by atoms with Gasteiger partial charge < -0.3 is 9.47 Å². The SMILES string of the molecule is ClCC1COC2(CCSC2)O1. The quantitative estimate of drug-likeness (QED) is 0.590. The Morgan fingerprint density at radius 2 is 2.55 bits per heavy atom. The summed E-state index contributed by atoms with van der Waals surface area (Å²) >= 11 is 7.55. The van der Waals surface area contributed by atoms with Crippen LogP contribution in [0.2, 0.25) is 0 Å². The fourth-order valence-corrected chi connectivity index (χ4v) is 2.79. The zero-order chi connectivity index (χ0) is 7.73. The fraction of sp³-hybridized carbons (Fsp3) is 1.00. The highest BCUT2D eigenvalue weighted by Gasteiger charge is 2.43.